The van der Waals surface area contributed by atoms with Crippen LogP contribution in [0.5, 0.6) is 0 Å². The number of amides is 1. The van der Waals surface area contributed by atoms with Gasteiger partial charge in [0.25, 0.3) is 5.91 Å². The van der Waals surface area contributed by atoms with E-state index in [1.54, 1.807) is 10.9 Å². The fraction of sp³-hybridized carbons (Fsp3) is 0.500. The maximum atomic E-state index is 13.2. The summed E-state index contributed by atoms with van der Waals surface area (Å²) in [6.45, 7) is 8.17. The van der Waals surface area contributed by atoms with Crippen LogP contribution in [0.4, 0.5) is 0 Å². The van der Waals surface area contributed by atoms with Gasteiger partial charge >= 0.3 is 0 Å². The molecule has 1 amide bonds. The molecule has 1 atom stereocenters. The van der Waals surface area contributed by atoms with E-state index in [1.165, 1.54) is 11.1 Å². The predicted octanol–water partition coefficient (Wildman–Crippen LogP) is 3.59. The van der Waals surface area contributed by atoms with Crippen molar-refractivity contribution in [3.05, 3.63) is 53.3 Å². The maximum Gasteiger partial charge on any atom is 0.272 e. The number of aryl methyl sites for hydroxylation is 1. The average Bonchev–Trinajstić information content (AvgIpc) is 3.26. The lowest BCUT2D eigenvalue weighted by Gasteiger charge is -2.27. The highest BCUT2D eigenvalue weighted by molar-refractivity contribution is 5.92. The average molecular weight is 341 g/mol. The van der Waals surface area contributed by atoms with Crippen LogP contribution in [-0.4, -0.2) is 39.8 Å². The quantitative estimate of drug-likeness (QED) is 0.807. The fourth-order valence-electron chi connectivity index (χ4n) is 3.30. The van der Waals surface area contributed by atoms with E-state index in [1.807, 2.05) is 36.9 Å². The number of nitrogens with zero attached hydrogens (tertiary/aromatic N) is 3. The summed E-state index contributed by atoms with van der Waals surface area (Å²) in [6, 6.07) is 10.2. The van der Waals surface area contributed by atoms with Gasteiger partial charge in [-0.05, 0) is 50.8 Å². The van der Waals surface area contributed by atoms with E-state index in [4.69, 9.17) is 4.74 Å². The van der Waals surface area contributed by atoms with Gasteiger partial charge in [0.15, 0.2) is 0 Å². The van der Waals surface area contributed by atoms with Gasteiger partial charge in [-0.25, -0.2) is 0 Å². The first-order valence-corrected chi connectivity index (χ1v) is 9.05. The first-order chi connectivity index (χ1) is 12.1. The van der Waals surface area contributed by atoms with Crippen LogP contribution in [0.1, 0.15) is 54.3 Å². The van der Waals surface area contributed by atoms with E-state index < -0.39 is 0 Å². The van der Waals surface area contributed by atoms with Crippen molar-refractivity contribution in [2.75, 3.05) is 13.2 Å². The largest absolute Gasteiger partial charge is 0.376 e. The summed E-state index contributed by atoms with van der Waals surface area (Å²) in [5.74, 6) is 0.0185. The van der Waals surface area contributed by atoms with Crippen molar-refractivity contribution in [2.24, 2.45) is 0 Å². The van der Waals surface area contributed by atoms with Crippen molar-refractivity contribution >= 4 is 5.91 Å². The zero-order chi connectivity index (χ0) is 17.8. The van der Waals surface area contributed by atoms with Crippen LogP contribution in [0.25, 0.3) is 0 Å². The molecule has 0 radical (unpaired) electrons. The Labute approximate surface area is 149 Å². The molecule has 1 aromatic heterocycles. The molecule has 5 nitrogen and oxygen atoms in total. The van der Waals surface area contributed by atoms with Gasteiger partial charge in [-0.1, -0.05) is 24.3 Å². The molecule has 134 valence electrons. The molecule has 0 N–H and O–H groups in total. The zero-order valence-electron chi connectivity index (χ0n) is 15.3. The van der Waals surface area contributed by atoms with Crippen molar-refractivity contribution in [1.29, 1.82) is 0 Å². The van der Waals surface area contributed by atoms with E-state index in [-0.39, 0.29) is 18.1 Å². The van der Waals surface area contributed by atoms with Crippen LogP contribution in [0.2, 0.25) is 0 Å². The van der Waals surface area contributed by atoms with Gasteiger partial charge in [0.1, 0.15) is 5.69 Å². The third kappa shape index (κ3) is 4.10. The molecular formula is C20H27N3O2. The number of carbonyl (C=O) groups is 1. The summed E-state index contributed by atoms with van der Waals surface area (Å²) in [7, 11) is 0. The maximum absolute atomic E-state index is 13.2. The summed E-state index contributed by atoms with van der Waals surface area (Å²) in [6.07, 6.45) is 3.91. The lowest BCUT2D eigenvalue weighted by Crippen LogP contribution is -2.38. The van der Waals surface area contributed by atoms with E-state index in [0.717, 1.165) is 19.4 Å². The normalized spacial score (nSPS) is 17.2. The summed E-state index contributed by atoms with van der Waals surface area (Å²) >= 11 is 0. The Hall–Kier alpha value is -2.14. The molecule has 2 aromatic rings. The van der Waals surface area contributed by atoms with Crippen molar-refractivity contribution in [3.63, 3.8) is 0 Å². The number of rotatable bonds is 6. The molecule has 1 fully saturated rings. The molecule has 1 saturated heterocycles. The molecule has 5 heteroatoms. The molecule has 2 heterocycles. The molecule has 1 aromatic carbocycles. The third-order valence-electron chi connectivity index (χ3n) is 4.74. The van der Waals surface area contributed by atoms with Crippen LogP contribution in [0.3, 0.4) is 0 Å². The van der Waals surface area contributed by atoms with E-state index >= 15 is 0 Å². The Morgan fingerprint density at radius 2 is 2.16 bits per heavy atom. The third-order valence-corrected chi connectivity index (χ3v) is 4.74. The van der Waals surface area contributed by atoms with Gasteiger partial charge < -0.3 is 9.64 Å². The minimum Gasteiger partial charge on any atom is -0.376 e. The van der Waals surface area contributed by atoms with Gasteiger partial charge in [0.05, 0.1) is 6.10 Å². The van der Waals surface area contributed by atoms with Gasteiger partial charge in [0.2, 0.25) is 0 Å². The molecular weight excluding hydrogens is 314 g/mol. The first-order valence-electron chi connectivity index (χ1n) is 9.05. The number of aromatic nitrogens is 2. The van der Waals surface area contributed by atoms with E-state index in [9.17, 15) is 4.79 Å². The Morgan fingerprint density at radius 3 is 2.84 bits per heavy atom. The van der Waals surface area contributed by atoms with Crippen LogP contribution in [0, 0.1) is 6.92 Å². The molecule has 25 heavy (non-hydrogen) atoms. The topological polar surface area (TPSA) is 47.4 Å². The summed E-state index contributed by atoms with van der Waals surface area (Å²) in [5.41, 5.74) is 3.01. The molecule has 1 aliphatic rings. The molecule has 0 aliphatic carbocycles. The summed E-state index contributed by atoms with van der Waals surface area (Å²) in [4.78, 5) is 15.2. The van der Waals surface area contributed by atoms with Crippen LogP contribution in [-0.2, 0) is 11.3 Å². The highest BCUT2D eigenvalue weighted by Gasteiger charge is 2.26. The number of carbonyl (C=O) groups excluding carboxylic acids is 1. The minimum atomic E-state index is 0.0185. The van der Waals surface area contributed by atoms with Crippen LogP contribution >= 0.6 is 0 Å². The fourth-order valence-corrected chi connectivity index (χ4v) is 3.30. The van der Waals surface area contributed by atoms with Crippen molar-refractivity contribution in [2.45, 2.75) is 52.3 Å². The SMILES string of the molecule is Cc1ccccc1CN(CC1CCCO1)C(=O)c1ccnn1C(C)C. The first kappa shape index (κ1) is 17.7. The minimum absolute atomic E-state index is 0.0185. The Balaban J connectivity index is 1.85. The van der Waals surface area contributed by atoms with Crippen LogP contribution in [0.15, 0.2) is 36.5 Å². The zero-order valence-corrected chi connectivity index (χ0v) is 15.3. The van der Waals surface area contributed by atoms with Gasteiger partial charge in [-0.15, -0.1) is 0 Å². The van der Waals surface area contributed by atoms with Crippen LogP contribution < -0.4 is 0 Å². The molecule has 3 rings (SSSR count). The highest BCUT2D eigenvalue weighted by Crippen LogP contribution is 2.19. The highest BCUT2D eigenvalue weighted by atomic mass is 16.5. The Bertz CT molecular complexity index is 717. The molecule has 1 aliphatic heterocycles. The number of ether oxygens (including phenoxy) is 1. The smallest absolute Gasteiger partial charge is 0.272 e. The second-order valence-electron chi connectivity index (χ2n) is 7.00. The number of hydrogen-bond donors (Lipinski definition) is 0. The molecule has 1 unspecified atom stereocenters. The lowest BCUT2D eigenvalue weighted by molar-refractivity contribution is 0.0496. The second kappa shape index (κ2) is 7.83. The Morgan fingerprint density at radius 1 is 1.36 bits per heavy atom. The standard InChI is InChI=1S/C20H27N3O2/c1-15(2)23-19(10-11-21-23)20(24)22(14-18-9-6-12-25-18)13-17-8-5-4-7-16(17)3/h4-5,7-8,10-11,15,18H,6,9,12-14H2,1-3H3. The van der Waals surface area contributed by atoms with Crippen molar-refractivity contribution in [1.82, 2.24) is 14.7 Å². The van der Waals surface area contributed by atoms with E-state index in [2.05, 4.69) is 24.2 Å². The summed E-state index contributed by atoms with van der Waals surface area (Å²) < 4.78 is 7.57. The van der Waals surface area contributed by atoms with E-state index in [0.29, 0.717) is 18.8 Å². The van der Waals surface area contributed by atoms with Gasteiger partial charge in [0, 0.05) is 31.9 Å². The van der Waals surface area contributed by atoms with Crippen molar-refractivity contribution < 1.29 is 9.53 Å². The van der Waals surface area contributed by atoms with Gasteiger partial charge in [-0.2, -0.15) is 5.10 Å². The van der Waals surface area contributed by atoms with Gasteiger partial charge in [-0.3, -0.25) is 9.48 Å². The number of benzene rings is 1. The molecule has 0 spiro atoms. The number of hydrogen-bond acceptors (Lipinski definition) is 3. The Kier molecular flexibility index (Phi) is 5.53. The van der Waals surface area contributed by atoms with Crippen molar-refractivity contribution in [3.8, 4) is 0 Å². The monoisotopic (exact) mass is 341 g/mol. The lowest BCUT2D eigenvalue weighted by atomic mass is 10.1. The molecule has 0 saturated carbocycles. The molecule has 0 bridgehead atoms. The summed E-state index contributed by atoms with van der Waals surface area (Å²) in [5, 5.41) is 4.31. The predicted molar refractivity (Wildman–Crippen MR) is 97.5 cm³/mol. The second-order valence-corrected chi connectivity index (χ2v) is 7.00.